The number of carbonyl (C=O) groups is 4. The Morgan fingerprint density at radius 1 is 1.29 bits per heavy atom. The fraction of sp³-hybridized carbons (Fsp3) is 0.474. The highest BCUT2D eigenvalue weighted by molar-refractivity contribution is 5.97. The highest BCUT2D eigenvalue weighted by atomic mass is 16.5. The van der Waals surface area contributed by atoms with Crippen LogP contribution in [0, 0.1) is 0 Å². The molecule has 1 fully saturated rings. The molecule has 0 radical (unpaired) electrons. The zero-order valence-electron chi connectivity index (χ0n) is 16.0. The third-order valence-electron chi connectivity index (χ3n) is 4.67. The van der Waals surface area contributed by atoms with Gasteiger partial charge in [0.1, 0.15) is 12.1 Å². The van der Waals surface area contributed by atoms with Crippen LogP contribution in [0.15, 0.2) is 30.3 Å². The molecule has 1 aliphatic rings. The molecule has 152 valence electrons. The topological polar surface area (TPSA) is 116 Å². The van der Waals surface area contributed by atoms with Gasteiger partial charge in [0.15, 0.2) is 0 Å². The molecule has 9 heteroatoms. The molecule has 28 heavy (non-hydrogen) atoms. The van der Waals surface area contributed by atoms with Crippen LogP contribution in [0.25, 0.3) is 0 Å². The molecule has 2 rings (SSSR count). The maximum atomic E-state index is 12.8. The number of carbonyl (C=O) groups excluding carboxylic acids is 3. The largest absolute Gasteiger partial charge is 0.480 e. The molecule has 0 aliphatic carbocycles. The number of carboxylic acid groups (broad SMARTS) is 1. The minimum absolute atomic E-state index is 0.122. The molecule has 9 nitrogen and oxygen atoms in total. The van der Waals surface area contributed by atoms with E-state index in [0.717, 1.165) is 0 Å². The Kier molecular flexibility index (Phi) is 7.36. The average Bonchev–Trinajstić information content (AvgIpc) is 3.20. The van der Waals surface area contributed by atoms with E-state index in [1.807, 2.05) is 0 Å². The molecule has 0 aromatic heterocycles. The molecule has 0 bridgehead atoms. The van der Waals surface area contributed by atoms with Crippen molar-refractivity contribution in [2.24, 2.45) is 0 Å². The summed E-state index contributed by atoms with van der Waals surface area (Å²) >= 11 is 0. The number of carboxylic acids is 1. The predicted octanol–water partition coefficient (Wildman–Crippen LogP) is 0.949. The first-order valence-electron chi connectivity index (χ1n) is 9.11. The highest BCUT2D eigenvalue weighted by Crippen LogP contribution is 2.19. The van der Waals surface area contributed by atoms with Crippen LogP contribution in [0.1, 0.15) is 30.1 Å². The number of rotatable bonds is 7. The Labute approximate surface area is 163 Å². The lowest BCUT2D eigenvalue weighted by molar-refractivity contribution is -0.144. The third kappa shape index (κ3) is 4.99. The lowest BCUT2D eigenvalue weighted by Gasteiger charge is -2.31. The molecule has 3 amide bonds. The van der Waals surface area contributed by atoms with E-state index < -0.39 is 36.0 Å². The first-order chi connectivity index (χ1) is 13.4. The number of urea groups is 1. The number of nitrogens with one attached hydrogen (secondary N) is 1. The second-order valence-corrected chi connectivity index (χ2v) is 6.43. The number of likely N-dealkylation sites (tertiary alicyclic amines) is 1. The summed E-state index contributed by atoms with van der Waals surface area (Å²) in [6.45, 7) is 2.18. The van der Waals surface area contributed by atoms with Gasteiger partial charge < -0.3 is 25.0 Å². The van der Waals surface area contributed by atoms with Crippen molar-refractivity contribution in [3.63, 3.8) is 0 Å². The fourth-order valence-electron chi connectivity index (χ4n) is 3.15. The number of likely N-dealkylation sites (N-methyl/N-ethyl adjacent to an activating group) is 1. The van der Waals surface area contributed by atoms with Gasteiger partial charge in [0, 0.05) is 18.7 Å². The second kappa shape index (κ2) is 9.72. The Hall–Kier alpha value is -3.10. The molecule has 1 unspecified atom stereocenters. The zero-order chi connectivity index (χ0) is 20.7. The van der Waals surface area contributed by atoms with Gasteiger partial charge in [0.2, 0.25) is 0 Å². The lowest BCUT2D eigenvalue weighted by Crippen LogP contribution is -2.54. The number of amides is 3. The summed E-state index contributed by atoms with van der Waals surface area (Å²) in [4.78, 5) is 51.4. The fourth-order valence-corrected chi connectivity index (χ4v) is 3.15. The summed E-state index contributed by atoms with van der Waals surface area (Å²) in [6.07, 6.45) is 0.995. The lowest BCUT2D eigenvalue weighted by atomic mass is 10.2. The van der Waals surface area contributed by atoms with Crippen molar-refractivity contribution in [1.29, 1.82) is 0 Å². The van der Waals surface area contributed by atoms with Crippen LogP contribution in [-0.2, 0) is 14.3 Å². The highest BCUT2D eigenvalue weighted by Gasteiger charge is 2.37. The summed E-state index contributed by atoms with van der Waals surface area (Å²) in [7, 11) is 1.20. The Balaban J connectivity index is 2.12. The van der Waals surface area contributed by atoms with Crippen LogP contribution in [0.4, 0.5) is 4.79 Å². The van der Waals surface area contributed by atoms with Crippen molar-refractivity contribution in [1.82, 2.24) is 15.1 Å². The van der Waals surface area contributed by atoms with E-state index in [1.165, 1.54) is 16.9 Å². The minimum atomic E-state index is -1.08. The van der Waals surface area contributed by atoms with Gasteiger partial charge in [-0.05, 0) is 31.9 Å². The summed E-state index contributed by atoms with van der Waals surface area (Å²) in [5.41, 5.74) is 0.372. The van der Waals surface area contributed by atoms with Crippen LogP contribution < -0.4 is 5.32 Å². The summed E-state index contributed by atoms with van der Waals surface area (Å²) in [6, 6.07) is 5.94. The van der Waals surface area contributed by atoms with E-state index in [0.29, 0.717) is 24.9 Å². The van der Waals surface area contributed by atoms with Gasteiger partial charge in [-0.3, -0.25) is 4.79 Å². The first kappa shape index (κ1) is 21.2. The van der Waals surface area contributed by atoms with Crippen molar-refractivity contribution in [3.8, 4) is 0 Å². The van der Waals surface area contributed by atoms with Crippen molar-refractivity contribution in [2.75, 3.05) is 26.7 Å². The smallest absolute Gasteiger partial charge is 0.330 e. The monoisotopic (exact) mass is 391 g/mol. The van der Waals surface area contributed by atoms with Gasteiger partial charge in [-0.25, -0.2) is 14.4 Å². The van der Waals surface area contributed by atoms with Crippen molar-refractivity contribution in [2.45, 2.75) is 31.8 Å². The molecule has 1 aromatic rings. The summed E-state index contributed by atoms with van der Waals surface area (Å²) in [5.74, 6) is -2.21. The van der Waals surface area contributed by atoms with E-state index >= 15 is 0 Å². The second-order valence-electron chi connectivity index (χ2n) is 6.43. The molecule has 1 saturated heterocycles. The molecule has 0 spiro atoms. The normalized spacial score (nSPS) is 16.9. The molecular formula is C19H25N3O6. The number of benzene rings is 1. The quantitative estimate of drug-likeness (QED) is 0.669. The van der Waals surface area contributed by atoms with Crippen LogP contribution >= 0.6 is 0 Å². The Morgan fingerprint density at radius 2 is 1.96 bits per heavy atom. The maximum Gasteiger partial charge on any atom is 0.330 e. The molecule has 1 heterocycles. The SMILES string of the molecule is CCN(CC(NC(=O)c1ccccc1)C(=O)OC)C(=O)N1CCC[C@H]1C(=O)O. The van der Waals surface area contributed by atoms with Crippen LogP contribution in [0.3, 0.4) is 0 Å². The average molecular weight is 391 g/mol. The number of esters is 1. The summed E-state index contributed by atoms with van der Waals surface area (Å²) < 4.78 is 4.76. The van der Waals surface area contributed by atoms with Crippen molar-refractivity contribution < 1.29 is 29.0 Å². The van der Waals surface area contributed by atoms with Gasteiger partial charge in [-0.2, -0.15) is 0 Å². The first-order valence-corrected chi connectivity index (χ1v) is 9.11. The number of aliphatic carboxylic acids is 1. The van der Waals surface area contributed by atoms with Crippen LogP contribution in [-0.4, -0.2) is 77.6 Å². The molecule has 1 aliphatic heterocycles. The Bertz CT molecular complexity index is 724. The maximum absolute atomic E-state index is 12.8. The minimum Gasteiger partial charge on any atom is -0.480 e. The van der Waals surface area contributed by atoms with Gasteiger partial charge in [-0.15, -0.1) is 0 Å². The number of methoxy groups -OCH3 is 1. The van der Waals surface area contributed by atoms with Gasteiger partial charge >= 0.3 is 18.0 Å². The van der Waals surface area contributed by atoms with Crippen molar-refractivity contribution >= 4 is 23.9 Å². The van der Waals surface area contributed by atoms with E-state index in [1.54, 1.807) is 37.3 Å². The van der Waals surface area contributed by atoms with Crippen LogP contribution in [0.2, 0.25) is 0 Å². The molecule has 0 saturated carbocycles. The number of hydrogen-bond acceptors (Lipinski definition) is 5. The zero-order valence-corrected chi connectivity index (χ0v) is 16.0. The van der Waals surface area contributed by atoms with Gasteiger partial charge in [0.25, 0.3) is 5.91 Å². The number of hydrogen-bond donors (Lipinski definition) is 2. The summed E-state index contributed by atoms with van der Waals surface area (Å²) in [5, 5.41) is 11.9. The van der Waals surface area contributed by atoms with Crippen LogP contribution in [0.5, 0.6) is 0 Å². The molecular weight excluding hydrogens is 366 g/mol. The van der Waals surface area contributed by atoms with E-state index in [9.17, 15) is 24.3 Å². The van der Waals surface area contributed by atoms with Gasteiger partial charge in [0.05, 0.1) is 13.7 Å². The number of ether oxygens (including phenoxy) is 1. The number of nitrogens with zero attached hydrogens (tertiary/aromatic N) is 2. The molecule has 2 N–H and O–H groups in total. The van der Waals surface area contributed by atoms with E-state index in [4.69, 9.17) is 4.74 Å². The predicted molar refractivity (Wildman–Crippen MR) is 99.7 cm³/mol. The molecule has 1 aromatic carbocycles. The Morgan fingerprint density at radius 3 is 2.54 bits per heavy atom. The van der Waals surface area contributed by atoms with Crippen molar-refractivity contribution in [3.05, 3.63) is 35.9 Å². The molecule has 2 atom stereocenters. The van der Waals surface area contributed by atoms with E-state index in [2.05, 4.69) is 5.32 Å². The standard InChI is InChI=1S/C19H25N3O6/c1-3-21(19(27)22-11-7-10-15(22)17(24)25)12-14(18(26)28-2)20-16(23)13-8-5-4-6-9-13/h4-6,8-9,14-15H,3,7,10-12H2,1-2H3,(H,20,23)(H,24,25)/t14?,15-/m0/s1. The van der Waals surface area contributed by atoms with E-state index in [-0.39, 0.29) is 13.1 Å². The third-order valence-corrected chi connectivity index (χ3v) is 4.67. The van der Waals surface area contributed by atoms with Gasteiger partial charge in [-0.1, -0.05) is 18.2 Å².